The fourth-order valence-electron chi connectivity index (χ4n) is 2.22. The van der Waals surface area contributed by atoms with Crippen LogP contribution in [0.4, 0.5) is 0 Å². The van der Waals surface area contributed by atoms with Crippen molar-refractivity contribution in [2.45, 2.75) is 25.7 Å². The standard InChI is InChI=1S/C12H13BrO2/c13-11-4-3-9-5-8(6-12(14)15)1-2-10(9)7-11/h3-4,7-8H,1-2,5-6H2,(H,14,15). The highest BCUT2D eigenvalue weighted by Crippen LogP contribution is 2.29. The molecule has 1 aromatic rings. The van der Waals surface area contributed by atoms with Gasteiger partial charge in [0.05, 0.1) is 0 Å². The van der Waals surface area contributed by atoms with Crippen LogP contribution in [0.25, 0.3) is 0 Å². The maximum absolute atomic E-state index is 10.6. The lowest BCUT2D eigenvalue weighted by atomic mass is 9.82. The van der Waals surface area contributed by atoms with Crippen LogP contribution in [0.3, 0.4) is 0 Å². The van der Waals surface area contributed by atoms with Gasteiger partial charge in [-0.25, -0.2) is 0 Å². The molecule has 1 unspecified atom stereocenters. The number of aryl methyl sites for hydroxylation is 1. The van der Waals surface area contributed by atoms with E-state index in [1.165, 1.54) is 11.1 Å². The minimum absolute atomic E-state index is 0.301. The Morgan fingerprint density at radius 3 is 3.00 bits per heavy atom. The van der Waals surface area contributed by atoms with Crippen molar-refractivity contribution in [3.63, 3.8) is 0 Å². The lowest BCUT2D eigenvalue weighted by Crippen LogP contribution is -2.17. The molecule has 0 fully saturated rings. The molecule has 0 amide bonds. The van der Waals surface area contributed by atoms with Gasteiger partial charge in [-0.05, 0) is 48.4 Å². The van der Waals surface area contributed by atoms with Gasteiger partial charge in [-0.1, -0.05) is 22.0 Å². The number of rotatable bonds is 2. The van der Waals surface area contributed by atoms with Gasteiger partial charge in [-0.2, -0.15) is 0 Å². The number of carbonyl (C=O) groups is 1. The number of hydrogen-bond acceptors (Lipinski definition) is 1. The Kier molecular flexibility index (Phi) is 3.10. The summed E-state index contributed by atoms with van der Waals surface area (Å²) in [6.07, 6.45) is 3.22. The molecule has 15 heavy (non-hydrogen) atoms. The number of hydrogen-bond donors (Lipinski definition) is 1. The van der Waals surface area contributed by atoms with Gasteiger partial charge in [0.2, 0.25) is 0 Å². The summed E-state index contributed by atoms with van der Waals surface area (Å²) in [5.74, 6) is -0.364. The summed E-state index contributed by atoms with van der Waals surface area (Å²) in [4.78, 5) is 10.6. The van der Waals surface area contributed by atoms with Crippen molar-refractivity contribution in [2.24, 2.45) is 5.92 Å². The van der Waals surface area contributed by atoms with Gasteiger partial charge in [0, 0.05) is 10.9 Å². The van der Waals surface area contributed by atoms with E-state index < -0.39 is 5.97 Å². The fourth-order valence-corrected chi connectivity index (χ4v) is 2.63. The minimum atomic E-state index is -0.680. The van der Waals surface area contributed by atoms with E-state index in [1.54, 1.807) is 0 Å². The van der Waals surface area contributed by atoms with Crippen LogP contribution in [-0.2, 0) is 17.6 Å². The van der Waals surface area contributed by atoms with Crippen molar-refractivity contribution in [1.29, 1.82) is 0 Å². The molecule has 1 aliphatic rings. The van der Waals surface area contributed by atoms with Crippen molar-refractivity contribution in [3.8, 4) is 0 Å². The van der Waals surface area contributed by atoms with Gasteiger partial charge >= 0.3 is 5.97 Å². The van der Waals surface area contributed by atoms with Crippen molar-refractivity contribution in [1.82, 2.24) is 0 Å². The molecule has 0 aromatic heterocycles. The van der Waals surface area contributed by atoms with Crippen LogP contribution in [0.5, 0.6) is 0 Å². The Balaban J connectivity index is 2.13. The minimum Gasteiger partial charge on any atom is -0.481 e. The smallest absolute Gasteiger partial charge is 0.303 e. The number of carboxylic acid groups (broad SMARTS) is 1. The van der Waals surface area contributed by atoms with E-state index in [-0.39, 0.29) is 0 Å². The zero-order valence-electron chi connectivity index (χ0n) is 8.37. The molecule has 80 valence electrons. The predicted molar refractivity (Wildman–Crippen MR) is 61.9 cm³/mol. The second kappa shape index (κ2) is 4.35. The van der Waals surface area contributed by atoms with E-state index in [0.717, 1.165) is 23.7 Å². The molecule has 1 atom stereocenters. The second-order valence-electron chi connectivity index (χ2n) is 4.12. The molecule has 1 aromatic carbocycles. The third kappa shape index (κ3) is 2.59. The van der Waals surface area contributed by atoms with Crippen molar-refractivity contribution in [3.05, 3.63) is 33.8 Å². The average molecular weight is 269 g/mol. The van der Waals surface area contributed by atoms with E-state index in [0.29, 0.717) is 12.3 Å². The summed E-state index contributed by atoms with van der Waals surface area (Å²) in [6.45, 7) is 0. The molecule has 0 saturated carbocycles. The first-order chi connectivity index (χ1) is 7.15. The van der Waals surface area contributed by atoms with Gasteiger partial charge in [-0.3, -0.25) is 4.79 Å². The molecule has 0 saturated heterocycles. The molecule has 1 N–H and O–H groups in total. The number of benzene rings is 1. The number of carboxylic acids is 1. The van der Waals surface area contributed by atoms with E-state index in [9.17, 15) is 4.79 Å². The van der Waals surface area contributed by atoms with E-state index in [4.69, 9.17) is 5.11 Å². The Hall–Kier alpha value is -0.830. The summed E-state index contributed by atoms with van der Waals surface area (Å²) >= 11 is 3.45. The largest absolute Gasteiger partial charge is 0.481 e. The highest BCUT2D eigenvalue weighted by Gasteiger charge is 2.20. The molecular weight excluding hydrogens is 256 g/mol. The lowest BCUT2D eigenvalue weighted by Gasteiger charge is -2.23. The maximum Gasteiger partial charge on any atom is 0.303 e. The lowest BCUT2D eigenvalue weighted by molar-refractivity contribution is -0.138. The van der Waals surface area contributed by atoms with Crippen LogP contribution in [0.15, 0.2) is 22.7 Å². The van der Waals surface area contributed by atoms with Crippen molar-refractivity contribution in [2.75, 3.05) is 0 Å². The highest BCUT2D eigenvalue weighted by molar-refractivity contribution is 9.10. The number of halogens is 1. The van der Waals surface area contributed by atoms with E-state index in [1.807, 2.05) is 6.07 Å². The van der Waals surface area contributed by atoms with Gasteiger partial charge in [0.1, 0.15) is 0 Å². The molecule has 0 bridgehead atoms. The average Bonchev–Trinajstić information content (AvgIpc) is 2.17. The van der Waals surface area contributed by atoms with Crippen LogP contribution in [-0.4, -0.2) is 11.1 Å². The van der Waals surface area contributed by atoms with Gasteiger partial charge in [-0.15, -0.1) is 0 Å². The zero-order chi connectivity index (χ0) is 10.8. The molecule has 3 heteroatoms. The summed E-state index contributed by atoms with van der Waals surface area (Å²) in [6, 6.07) is 6.28. The Morgan fingerprint density at radius 1 is 1.47 bits per heavy atom. The quantitative estimate of drug-likeness (QED) is 0.896. The predicted octanol–water partition coefficient (Wildman–Crippen LogP) is 3.03. The van der Waals surface area contributed by atoms with Crippen LogP contribution in [0, 0.1) is 5.92 Å². The summed E-state index contributed by atoms with van der Waals surface area (Å²) in [7, 11) is 0. The van der Waals surface area contributed by atoms with Gasteiger partial charge < -0.3 is 5.11 Å². The highest BCUT2D eigenvalue weighted by atomic mass is 79.9. The third-order valence-corrected chi connectivity index (χ3v) is 3.46. The van der Waals surface area contributed by atoms with Gasteiger partial charge in [0.25, 0.3) is 0 Å². The first-order valence-corrected chi connectivity index (χ1v) is 5.93. The monoisotopic (exact) mass is 268 g/mol. The summed E-state index contributed by atoms with van der Waals surface area (Å²) in [5, 5.41) is 8.75. The number of aliphatic carboxylic acids is 1. The van der Waals surface area contributed by atoms with Crippen molar-refractivity contribution >= 4 is 21.9 Å². The molecule has 0 aliphatic heterocycles. The topological polar surface area (TPSA) is 37.3 Å². The Labute approximate surface area is 97.4 Å². The summed E-state index contributed by atoms with van der Waals surface area (Å²) < 4.78 is 1.11. The first-order valence-electron chi connectivity index (χ1n) is 5.14. The molecule has 0 radical (unpaired) electrons. The first kappa shape index (κ1) is 10.7. The second-order valence-corrected chi connectivity index (χ2v) is 5.04. The fraction of sp³-hybridized carbons (Fsp3) is 0.417. The van der Waals surface area contributed by atoms with Crippen LogP contribution in [0.1, 0.15) is 24.0 Å². The Bertz CT molecular complexity index is 387. The molecule has 2 nitrogen and oxygen atoms in total. The molecule has 2 rings (SSSR count). The number of fused-ring (bicyclic) bond motifs is 1. The normalized spacial score (nSPS) is 19.7. The van der Waals surface area contributed by atoms with Gasteiger partial charge in [0.15, 0.2) is 0 Å². The van der Waals surface area contributed by atoms with Crippen LogP contribution in [0.2, 0.25) is 0 Å². The van der Waals surface area contributed by atoms with Crippen LogP contribution >= 0.6 is 15.9 Å². The summed E-state index contributed by atoms with van der Waals surface area (Å²) in [5.41, 5.74) is 2.68. The molecule has 0 heterocycles. The Morgan fingerprint density at radius 2 is 2.27 bits per heavy atom. The maximum atomic E-state index is 10.6. The molecular formula is C12H13BrO2. The molecule has 0 spiro atoms. The van der Waals surface area contributed by atoms with Crippen LogP contribution < -0.4 is 0 Å². The zero-order valence-corrected chi connectivity index (χ0v) is 9.96. The van der Waals surface area contributed by atoms with E-state index >= 15 is 0 Å². The van der Waals surface area contributed by atoms with E-state index in [2.05, 4.69) is 28.1 Å². The SMILES string of the molecule is O=C(O)CC1CCc2cc(Br)ccc2C1. The van der Waals surface area contributed by atoms with Crippen molar-refractivity contribution < 1.29 is 9.90 Å². The molecule has 1 aliphatic carbocycles. The third-order valence-electron chi connectivity index (χ3n) is 2.96.